The van der Waals surface area contributed by atoms with Crippen molar-refractivity contribution >= 4 is 5.91 Å². The van der Waals surface area contributed by atoms with E-state index in [2.05, 4.69) is 6.58 Å². The van der Waals surface area contributed by atoms with E-state index >= 15 is 0 Å². The summed E-state index contributed by atoms with van der Waals surface area (Å²) >= 11 is 0. The van der Waals surface area contributed by atoms with Crippen molar-refractivity contribution in [3.05, 3.63) is 12.2 Å². The molecule has 1 fully saturated rings. The maximum Gasteiger partial charge on any atom is 0.263 e. The highest BCUT2D eigenvalue weighted by Crippen LogP contribution is 2.55. The maximum atomic E-state index is 12.9. The molecule has 1 rings (SSSR count). The monoisotopic (exact) mass is 203 g/mol. The van der Waals surface area contributed by atoms with Gasteiger partial charge in [-0.05, 0) is 6.92 Å². The molecule has 2 atom stereocenters. The van der Waals surface area contributed by atoms with Crippen LogP contribution >= 0.6 is 0 Å². The van der Waals surface area contributed by atoms with Gasteiger partial charge in [-0.15, -0.1) is 0 Å². The highest BCUT2D eigenvalue weighted by molar-refractivity contribution is 5.83. The Labute approximate surface area is 82.6 Å². The van der Waals surface area contributed by atoms with E-state index in [4.69, 9.17) is 0 Å². The van der Waals surface area contributed by atoms with Gasteiger partial charge in [0, 0.05) is 19.5 Å². The molecule has 0 bridgehead atoms. The molecule has 0 radical (unpaired) electrons. The second-order valence-corrected chi connectivity index (χ2v) is 4.09. The maximum absolute atomic E-state index is 12.9. The SMILES string of the molecule is C=C(C)CN(C)C(=O)[C@H]1[C@@H](C)C1(F)F. The molecule has 0 aromatic rings. The van der Waals surface area contributed by atoms with Crippen molar-refractivity contribution < 1.29 is 13.6 Å². The van der Waals surface area contributed by atoms with E-state index in [1.54, 1.807) is 6.92 Å². The number of alkyl halides is 2. The van der Waals surface area contributed by atoms with Crippen molar-refractivity contribution in [2.45, 2.75) is 19.8 Å². The fourth-order valence-electron chi connectivity index (χ4n) is 1.58. The van der Waals surface area contributed by atoms with E-state index in [9.17, 15) is 13.6 Å². The van der Waals surface area contributed by atoms with E-state index in [1.807, 2.05) is 0 Å². The lowest BCUT2D eigenvalue weighted by atomic mass is 10.2. The molecule has 1 amide bonds. The Morgan fingerprint density at radius 1 is 1.57 bits per heavy atom. The van der Waals surface area contributed by atoms with Gasteiger partial charge in [0.15, 0.2) is 0 Å². The molecule has 14 heavy (non-hydrogen) atoms. The first kappa shape index (κ1) is 11.1. The number of likely N-dealkylation sites (N-methyl/N-ethyl adjacent to an activating group) is 1. The van der Waals surface area contributed by atoms with Crippen molar-refractivity contribution in [2.24, 2.45) is 11.8 Å². The minimum Gasteiger partial charge on any atom is -0.341 e. The highest BCUT2D eigenvalue weighted by Gasteiger charge is 2.69. The standard InChI is InChI=1S/C10H15F2NO/c1-6(2)5-13(4)9(14)8-7(3)10(8,11)12/h7-8H,1,5H2,2-4H3/t7-,8-/m1/s1. The van der Waals surface area contributed by atoms with E-state index in [-0.39, 0.29) is 0 Å². The van der Waals surface area contributed by atoms with Gasteiger partial charge in [0.05, 0.1) is 0 Å². The van der Waals surface area contributed by atoms with Gasteiger partial charge >= 0.3 is 0 Å². The van der Waals surface area contributed by atoms with Crippen LogP contribution in [0.2, 0.25) is 0 Å². The zero-order valence-corrected chi connectivity index (χ0v) is 8.68. The smallest absolute Gasteiger partial charge is 0.263 e. The van der Waals surface area contributed by atoms with Crippen molar-refractivity contribution in [3.63, 3.8) is 0 Å². The first-order valence-corrected chi connectivity index (χ1v) is 4.55. The molecule has 0 aromatic heterocycles. The second-order valence-electron chi connectivity index (χ2n) is 4.09. The number of halogens is 2. The van der Waals surface area contributed by atoms with Gasteiger partial charge in [0.2, 0.25) is 5.91 Å². The van der Waals surface area contributed by atoms with Gasteiger partial charge in [-0.25, -0.2) is 8.78 Å². The van der Waals surface area contributed by atoms with Gasteiger partial charge in [-0.1, -0.05) is 19.1 Å². The lowest BCUT2D eigenvalue weighted by Gasteiger charge is -2.16. The molecular weight excluding hydrogens is 188 g/mol. The van der Waals surface area contributed by atoms with E-state index in [0.29, 0.717) is 6.54 Å². The van der Waals surface area contributed by atoms with Gasteiger partial charge < -0.3 is 4.90 Å². The average molecular weight is 203 g/mol. The van der Waals surface area contributed by atoms with Crippen LogP contribution in [-0.4, -0.2) is 30.3 Å². The number of nitrogens with zero attached hydrogens (tertiary/aromatic N) is 1. The molecule has 4 heteroatoms. The quantitative estimate of drug-likeness (QED) is 0.642. The molecule has 0 spiro atoms. The Kier molecular flexibility index (Phi) is 2.65. The minimum atomic E-state index is -2.81. The van der Waals surface area contributed by atoms with Gasteiger partial charge in [0.25, 0.3) is 5.92 Å². The Morgan fingerprint density at radius 3 is 2.29 bits per heavy atom. The highest BCUT2D eigenvalue weighted by atomic mass is 19.3. The first-order valence-electron chi connectivity index (χ1n) is 4.55. The average Bonchev–Trinajstić information content (AvgIpc) is 2.49. The Balaban J connectivity index is 2.56. The fourth-order valence-corrected chi connectivity index (χ4v) is 1.58. The van der Waals surface area contributed by atoms with Crippen LogP contribution in [0.1, 0.15) is 13.8 Å². The molecule has 1 saturated carbocycles. The lowest BCUT2D eigenvalue weighted by molar-refractivity contribution is -0.133. The van der Waals surface area contributed by atoms with Crippen molar-refractivity contribution in [3.8, 4) is 0 Å². The zero-order chi connectivity index (χ0) is 11.1. The van der Waals surface area contributed by atoms with Crippen LogP contribution in [-0.2, 0) is 4.79 Å². The molecule has 0 saturated heterocycles. The van der Waals surface area contributed by atoms with Gasteiger partial charge in [0.1, 0.15) is 5.92 Å². The second kappa shape index (κ2) is 3.33. The summed E-state index contributed by atoms with van der Waals surface area (Å²) in [5, 5.41) is 0. The Morgan fingerprint density at radius 2 is 2.00 bits per heavy atom. The topological polar surface area (TPSA) is 20.3 Å². The van der Waals surface area contributed by atoms with Crippen LogP contribution < -0.4 is 0 Å². The normalized spacial score (nSPS) is 28.4. The summed E-state index contributed by atoms with van der Waals surface area (Å²) < 4.78 is 25.7. The summed E-state index contributed by atoms with van der Waals surface area (Å²) in [6.07, 6.45) is 0. The number of rotatable bonds is 3. The zero-order valence-electron chi connectivity index (χ0n) is 8.68. The van der Waals surface area contributed by atoms with E-state index < -0.39 is 23.7 Å². The molecule has 2 nitrogen and oxygen atoms in total. The number of amides is 1. The van der Waals surface area contributed by atoms with Crippen LogP contribution in [0.3, 0.4) is 0 Å². The molecule has 0 aromatic carbocycles. The van der Waals surface area contributed by atoms with Crippen LogP contribution in [0.25, 0.3) is 0 Å². The van der Waals surface area contributed by atoms with Crippen molar-refractivity contribution in [1.82, 2.24) is 4.90 Å². The van der Waals surface area contributed by atoms with Crippen LogP contribution in [0.4, 0.5) is 8.78 Å². The largest absolute Gasteiger partial charge is 0.341 e. The third-order valence-electron chi connectivity index (χ3n) is 2.56. The number of carbonyl (C=O) groups is 1. The summed E-state index contributed by atoms with van der Waals surface area (Å²) in [4.78, 5) is 12.8. The molecule has 0 N–H and O–H groups in total. The molecule has 0 unspecified atom stereocenters. The molecule has 0 aliphatic heterocycles. The number of carbonyl (C=O) groups excluding carboxylic acids is 1. The Bertz CT molecular complexity index is 275. The molecule has 80 valence electrons. The molecule has 1 aliphatic rings. The minimum absolute atomic E-state index is 0.345. The van der Waals surface area contributed by atoms with E-state index in [1.165, 1.54) is 18.9 Å². The predicted octanol–water partition coefficient (Wildman–Crippen LogP) is 1.92. The van der Waals surface area contributed by atoms with E-state index in [0.717, 1.165) is 5.57 Å². The molecular formula is C10H15F2NO. The Hall–Kier alpha value is -0.930. The summed E-state index contributed by atoms with van der Waals surface area (Å²) in [6.45, 7) is 7.14. The lowest BCUT2D eigenvalue weighted by Crippen LogP contribution is -2.31. The van der Waals surface area contributed by atoms with Crippen molar-refractivity contribution in [1.29, 1.82) is 0 Å². The number of hydrogen-bond acceptors (Lipinski definition) is 1. The fraction of sp³-hybridized carbons (Fsp3) is 0.700. The summed E-state index contributed by atoms with van der Waals surface area (Å²) in [7, 11) is 1.53. The third-order valence-corrected chi connectivity index (χ3v) is 2.56. The van der Waals surface area contributed by atoms with Crippen LogP contribution in [0, 0.1) is 11.8 Å². The molecule has 1 aliphatic carbocycles. The van der Waals surface area contributed by atoms with Crippen molar-refractivity contribution in [2.75, 3.05) is 13.6 Å². The van der Waals surface area contributed by atoms with Gasteiger partial charge in [-0.2, -0.15) is 0 Å². The summed E-state index contributed by atoms with van der Waals surface area (Å²) in [5.41, 5.74) is 0.789. The summed E-state index contributed by atoms with van der Waals surface area (Å²) in [6, 6.07) is 0. The van der Waals surface area contributed by atoms with Gasteiger partial charge in [-0.3, -0.25) is 4.79 Å². The van der Waals surface area contributed by atoms with Crippen LogP contribution in [0.5, 0.6) is 0 Å². The first-order chi connectivity index (χ1) is 6.28. The third kappa shape index (κ3) is 1.79. The summed E-state index contributed by atoms with van der Waals surface area (Å²) in [5.74, 6) is -5.22. The van der Waals surface area contributed by atoms with Crippen LogP contribution in [0.15, 0.2) is 12.2 Å². The molecule has 0 heterocycles. The predicted molar refractivity (Wildman–Crippen MR) is 50.1 cm³/mol. The number of hydrogen-bond donors (Lipinski definition) is 0.